The molecule has 0 saturated heterocycles. The fourth-order valence-corrected chi connectivity index (χ4v) is 1.38. The van der Waals surface area contributed by atoms with Gasteiger partial charge < -0.3 is 19.5 Å². The third kappa shape index (κ3) is 4.28. The van der Waals surface area contributed by atoms with E-state index < -0.39 is 7.12 Å². The molecule has 0 unspecified atom stereocenters. The Morgan fingerprint density at radius 3 is 2.29 bits per heavy atom. The first-order valence-electron chi connectivity index (χ1n) is 5.94. The van der Waals surface area contributed by atoms with Crippen molar-refractivity contribution in [1.82, 2.24) is 0 Å². The van der Waals surface area contributed by atoms with Crippen LogP contribution in [0.4, 0.5) is 0 Å². The molecule has 2 N–H and O–H groups in total. The van der Waals surface area contributed by atoms with Gasteiger partial charge in [-0.25, -0.2) is 0 Å². The van der Waals surface area contributed by atoms with Gasteiger partial charge in [-0.1, -0.05) is 13.8 Å². The molecule has 0 atom stereocenters. The summed E-state index contributed by atoms with van der Waals surface area (Å²) >= 11 is 0. The van der Waals surface area contributed by atoms with Gasteiger partial charge in [-0.15, -0.1) is 0 Å². The van der Waals surface area contributed by atoms with Crippen molar-refractivity contribution in [2.24, 2.45) is 0 Å². The van der Waals surface area contributed by atoms with Gasteiger partial charge in [-0.3, -0.25) is 0 Å². The smallest absolute Gasteiger partial charge is 0.492 e. The van der Waals surface area contributed by atoms with Gasteiger partial charge in [0.2, 0.25) is 0 Å². The highest BCUT2D eigenvalue weighted by Crippen LogP contribution is 2.16. The topological polar surface area (TPSA) is 58.9 Å². The van der Waals surface area contributed by atoms with Crippen molar-refractivity contribution in [3.05, 3.63) is 18.2 Å². The summed E-state index contributed by atoms with van der Waals surface area (Å²) in [7, 11) is -1.55. The van der Waals surface area contributed by atoms with E-state index in [4.69, 9.17) is 9.47 Å². The summed E-state index contributed by atoms with van der Waals surface area (Å²) in [6.07, 6.45) is 1.78. The lowest BCUT2D eigenvalue weighted by atomic mass is 9.79. The Balaban J connectivity index is 2.83. The lowest BCUT2D eigenvalue weighted by Crippen LogP contribution is -2.31. The van der Waals surface area contributed by atoms with Crippen molar-refractivity contribution in [3.8, 4) is 11.5 Å². The number of ether oxygens (including phenoxy) is 2. The highest BCUT2D eigenvalue weighted by molar-refractivity contribution is 6.59. The van der Waals surface area contributed by atoms with E-state index in [0.29, 0.717) is 30.2 Å². The number of hydrogen-bond donors (Lipinski definition) is 2. The van der Waals surface area contributed by atoms with Crippen molar-refractivity contribution in [2.45, 2.75) is 26.7 Å². The fourth-order valence-electron chi connectivity index (χ4n) is 1.38. The molecule has 0 fully saturated rings. The van der Waals surface area contributed by atoms with Crippen LogP contribution < -0.4 is 14.9 Å². The Hall–Kier alpha value is -1.20. The summed E-state index contributed by atoms with van der Waals surface area (Å²) < 4.78 is 10.9. The lowest BCUT2D eigenvalue weighted by molar-refractivity contribution is 0.309. The Kier molecular flexibility index (Phi) is 5.87. The first-order valence-corrected chi connectivity index (χ1v) is 5.94. The van der Waals surface area contributed by atoms with E-state index in [9.17, 15) is 10.0 Å². The Morgan fingerprint density at radius 1 is 1.06 bits per heavy atom. The van der Waals surface area contributed by atoms with Gasteiger partial charge in [0.05, 0.1) is 13.2 Å². The third-order valence-corrected chi connectivity index (χ3v) is 2.19. The van der Waals surface area contributed by atoms with E-state index in [1.54, 1.807) is 18.2 Å². The van der Waals surface area contributed by atoms with Gasteiger partial charge in [-0.2, -0.15) is 0 Å². The van der Waals surface area contributed by atoms with Crippen molar-refractivity contribution in [2.75, 3.05) is 13.2 Å². The number of rotatable bonds is 7. The highest BCUT2D eigenvalue weighted by Gasteiger charge is 2.18. The third-order valence-electron chi connectivity index (χ3n) is 2.19. The summed E-state index contributed by atoms with van der Waals surface area (Å²) in [6.45, 7) is 5.17. The van der Waals surface area contributed by atoms with Crippen LogP contribution in [0.15, 0.2) is 18.2 Å². The molecule has 17 heavy (non-hydrogen) atoms. The van der Waals surface area contributed by atoms with E-state index >= 15 is 0 Å². The maximum Gasteiger partial charge on any atom is 0.492 e. The molecule has 94 valence electrons. The van der Waals surface area contributed by atoms with E-state index in [1.165, 1.54) is 0 Å². The standard InChI is InChI=1S/C12H19BO4/c1-3-7-16-10-5-6-12(17-8-4-2)11(9-10)13(14)15/h5-6,9,14-15H,3-4,7-8H2,1-2H3. The Bertz CT molecular complexity index is 341. The first-order chi connectivity index (χ1) is 8.19. The molecule has 1 aromatic rings. The molecule has 1 rings (SSSR count). The molecule has 0 saturated carbocycles. The Morgan fingerprint density at radius 2 is 1.71 bits per heavy atom. The zero-order chi connectivity index (χ0) is 12.7. The molecule has 1 aromatic carbocycles. The zero-order valence-electron chi connectivity index (χ0n) is 10.3. The van der Waals surface area contributed by atoms with Gasteiger partial charge in [0.25, 0.3) is 0 Å². The molecule has 5 heteroatoms. The van der Waals surface area contributed by atoms with Crippen molar-refractivity contribution in [1.29, 1.82) is 0 Å². The van der Waals surface area contributed by atoms with Crippen molar-refractivity contribution >= 4 is 12.6 Å². The SMILES string of the molecule is CCCOc1ccc(OCCC)c(B(O)O)c1. The van der Waals surface area contributed by atoms with Crippen LogP contribution in [-0.4, -0.2) is 30.4 Å². The maximum absolute atomic E-state index is 9.27. The molecule has 0 spiro atoms. The molecule has 4 nitrogen and oxygen atoms in total. The molecule has 0 radical (unpaired) electrons. The minimum absolute atomic E-state index is 0.340. The summed E-state index contributed by atoms with van der Waals surface area (Å²) in [6, 6.07) is 5.08. The van der Waals surface area contributed by atoms with Crippen molar-refractivity contribution in [3.63, 3.8) is 0 Å². The van der Waals surface area contributed by atoms with Gasteiger partial charge in [-0.05, 0) is 31.0 Å². The second-order valence-corrected chi connectivity index (χ2v) is 3.77. The van der Waals surface area contributed by atoms with Crippen molar-refractivity contribution < 1.29 is 19.5 Å². The second kappa shape index (κ2) is 7.19. The van der Waals surface area contributed by atoms with Crippen LogP contribution >= 0.6 is 0 Å². The van der Waals surface area contributed by atoms with Gasteiger partial charge >= 0.3 is 7.12 Å². The normalized spacial score (nSPS) is 10.1. The quantitative estimate of drug-likeness (QED) is 0.694. The molecule has 0 aliphatic rings. The minimum Gasteiger partial charge on any atom is -0.494 e. The van der Waals surface area contributed by atoms with E-state index in [-0.39, 0.29) is 0 Å². The minimum atomic E-state index is -1.55. The highest BCUT2D eigenvalue weighted by atomic mass is 16.5. The fraction of sp³-hybridized carbons (Fsp3) is 0.500. The van der Waals surface area contributed by atoms with Gasteiger partial charge in [0, 0.05) is 5.46 Å². The van der Waals surface area contributed by atoms with Crippen LogP contribution in [0.5, 0.6) is 11.5 Å². The Labute approximate surface area is 102 Å². The molecular formula is C12H19BO4. The first kappa shape index (κ1) is 13.9. The molecule has 0 amide bonds. The van der Waals surface area contributed by atoms with Gasteiger partial charge in [0.15, 0.2) is 0 Å². The van der Waals surface area contributed by atoms with E-state index in [0.717, 1.165) is 12.8 Å². The lowest BCUT2D eigenvalue weighted by Gasteiger charge is -2.12. The van der Waals surface area contributed by atoms with Crippen LogP contribution in [0.25, 0.3) is 0 Å². The average Bonchev–Trinajstić information content (AvgIpc) is 2.34. The summed E-state index contributed by atoms with van der Waals surface area (Å²) in [5.41, 5.74) is 0.340. The molecule has 0 aliphatic heterocycles. The summed E-state index contributed by atoms with van der Waals surface area (Å²) in [5, 5.41) is 18.5. The number of hydrogen-bond acceptors (Lipinski definition) is 4. The van der Waals surface area contributed by atoms with Crippen LogP contribution in [0.3, 0.4) is 0 Å². The van der Waals surface area contributed by atoms with Crippen LogP contribution in [0.1, 0.15) is 26.7 Å². The van der Waals surface area contributed by atoms with E-state index in [1.807, 2.05) is 13.8 Å². The second-order valence-electron chi connectivity index (χ2n) is 3.77. The summed E-state index contributed by atoms with van der Waals surface area (Å²) in [4.78, 5) is 0. The molecule has 0 heterocycles. The number of benzene rings is 1. The van der Waals surface area contributed by atoms with Crippen LogP contribution in [0.2, 0.25) is 0 Å². The average molecular weight is 238 g/mol. The molecule has 0 aromatic heterocycles. The molecule has 0 bridgehead atoms. The predicted octanol–water partition coefficient (Wildman–Crippen LogP) is 0.944. The van der Waals surface area contributed by atoms with Crippen LogP contribution in [-0.2, 0) is 0 Å². The molecule has 0 aliphatic carbocycles. The largest absolute Gasteiger partial charge is 0.494 e. The predicted molar refractivity (Wildman–Crippen MR) is 67.8 cm³/mol. The summed E-state index contributed by atoms with van der Waals surface area (Å²) in [5.74, 6) is 1.12. The van der Waals surface area contributed by atoms with Gasteiger partial charge in [0.1, 0.15) is 11.5 Å². The zero-order valence-corrected chi connectivity index (χ0v) is 10.3. The maximum atomic E-state index is 9.27. The monoisotopic (exact) mass is 238 g/mol. The van der Waals surface area contributed by atoms with E-state index in [2.05, 4.69) is 0 Å². The van der Waals surface area contributed by atoms with Crippen LogP contribution in [0, 0.1) is 0 Å². The molecular weight excluding hydrogens is 219 g/mol.